The fourth-order valence-corrected chi connectivity index (χ4v) is 5.58. The predicted octanol–water partition coefficient (Wildman–Crippen LogP) is 3.73. The minimum absolute atomic E-state index is 0.0982. The van der Waals surface area contributed by atoms with Crippen molar-refractivity contribution in [2.24, 2.45) is 5.92 Å². The lowest BCUT2D eigenvalue weighted by molar-refractivity contribution is -0.172. The van der Waals surface area contributed by atoms with Crippen LogP contribution in [0.2, 0.25) is 0 Å². The second-order valence-corrected chi connectivity index (χ2v) is 10.6. The highest BCUT2D eigenvalue weighted by Gasteiger charge is 2.64. The molecular formula is C28H30F4N4O3. The van der Waals surface area contributed by atoms with Crippen molar-refractivity contribution >= 4 is 29.1 Å². The van der Waals surface area contributed by atoms with Crippen molar-refractivity contribution in [3.8, 4) is 0 Å². The maximum atomic E-state index is 13.5. The Morgan fingerprint density at radius 3 is 2.05 bits per heavy atom. The van der Waals surface area contributed by atoms with E-state index >= 15 is 0 Å². The van der Waals surface area contributed by atoms with E-state index in [9.17, 15) is 31.9 Å². The average Bonchev–Trinajstić information content (AvgIpc) is 3.38. The van der Waals surface area contributed by atoms with Crippen molar-refractivity contribution in [2.45, 2.75) is 32.1 Å². The number of piperazine rings is 1. The van der Waals surface area contributed by atoms with E-state index in [4.69, 9.17) is 0 Å². The molecule has 7 nitrogen and oxygen atoms in total. The first kappa shape index (κ1) is 27.0. The number of nitrogens with zero attached hydrogens (tertiary/aromatic N) is 4. The molecule has 39 heavy (non-hydrogen) atoms. The molecule has 0 N–H and O–H groups in total. The fourth-order valence-electron chi connectivity index (χ4n) is 5.58. The molecule has 3 fully saturated rings. The lowest BCUT2D eigenvalue weighted by Gasteiger charge is -2.37. The summed E-state index contributed by atoms with van der Waals surface area (Å²) in [5, 5.41) is 0. The van der Waals surface area contributed by atoms with Crippen molar-refractivity contribution in [2.75, 3.05) is 55.6 Å². The summed E-state index contributed by atoms with van der Waals surface area (Å²) in [4.78, 5) is 44.2. The molecule has 208 valence electrons. The fraction of sp³-hybridized carbons (Fsp3) is 0.464. The van der Waals surface area contributed by atoms with Crippen LogP contribution in [0.4, 0.5) is 28.9 Å². The molecule has 11 heteroatoms. The Kier molecular flexibility index (Phi) is 6.80. The molecule has 3 amide bonds. The number of likely N-dealkylation sites (tertiary alicyclic amines) is 1. The van der Waals surface area contributed by atoms with Crippen LogP contribution in [0.5, 0.6) is 0 Å². The number of anilines is 2. The van der Waals surface area contributed by atoms with Gasteiger partial charge in [-0.2, -0.15) is 17.6 Å². The van der Waals surface area contributed by atoms with Gasteiger partial charge in [-0.3, -0.25) is 14.4 Å². The topological polar surface area (TPSA) is 64.2 Å². The maximum absolute atomic E-state index is 13.5. The molecule has 0 bridgehead atoms. The summed E-state index contributed by atoms with van der Waals surface area (Å²) in [5.74, 6) is -11.0. The van der Waals surface area contributed by atoms with Gasteiger partial charge in [-0.05, 0) is 49.7 Å². The maximum Gasteiger partial charge on any atom is 0.329 e. The lowest BCUT2D eigenvalue weighted by Crippen LogP contribution is -2.49. The van der Waals surface area contributed by atoms with Gasteiger partial charge >= 0.3 is 11.8 Å². The highest BCUT2D eigenvalue weighted by molar-refractivity contribution is 6.01. The highest BCUT2D eigenvalue weighted by atomic mass is 19.3. The summed E-state index contributed by atoms with van der Waals surface area (Å²) < 4.78 is 54.2. The molecule has 1 unspecified atom stereocenters. The predicted molar refractivity (Wildman–Crippen MR) is 137 cm³/mol. The van der Waals surface area contributed by atoms with Gasteiger partial charge < -0.3 is 19.6 Å². The van der Waals surface area contributed by atoms with Gasteiger partial charge in [0, 0.05) is 56.1 Å². The molecule has 3 heterocycles. The van der Waals surface area contributed by atoms with E-state index in [1.54, 1.807) is 29.2 Å². The van der Waals surface area contributed by atoms with E-state index < -0.39 is 42.7 Å². The second kappa shape index (κ2) is 9.84. The highest BCUT2D eigenvalue weighted by Crippen LogP contribution is 2.42. The van der Waals surface area contributed by atoms with E-state index in [-0.39, 0.29) is 18.9 Å². The Balaban J connectivity index is 1.18. The molecule has 5 rings (SSSR count). The quantitative estimate of drug-likeness (QED) is 0.549. The lowest BCUT2D eigenvalue weighted by atomic mass is 10.1. The van der Waals surface area contributed by atoms with E-state index in [1.165, 1.54) is 16.0 Å². The number of amides is 3. The smallest absolute Gasteiger partial charge is 0.329 e. The van der Waals surface area contributed by atoms with Gasteiger partial charge in [-0.15, -0.1) is 0 Å². The Morgan fingerprint density at radius 1 is 0.846 bits per heavy atom. The van der Waals surface area contributed by atoms with Gasteiger partial charge in [-0.1, -0.05) is 17.7 Å². The first-order chi connectivity index (χ1) is 18.4. The van der Waals surface area contributed by atoms with Crippen LogP contribution >= 0.6 is 0 Å². The third-order valence-corrected chi connectivity index (χ3v) is 7.79. The zero-order valence-electron chi connectivity index (χ0n) is 21.8. The molecule has 0 spiro atoms. The van der Waals surface area contributed by atoms with Crippen molar-refractivity contribution in [1.82, 2.24) is 9.80 Å². The molecule has 2 aromatic carbocycles. The van der Waals surface area contributed by atoms with E-state index in [0.29, 0.717) is 42.3 Å². The number of halogens is 4. The first-order valence-electron chi connectivity index (χ1n) is 12.9. The Hall–Kier alpha value is -3.63. The van der Waals surface area contributed by atoms with Crippen LogP contribution in [0.1, 0.15) is 27.9 Å². The Morgan fingerprint density at radius 2 is 1.46 bits per heavy atom. The van der Waals surface area contributed by atoms with Gasteiger partial charge in [0.05, 0.1) is 19.0 Å². The summed E-state index contributed by atoms with van der Waals surface area (Å²) in [6, 6.07) is 12.7. The molecule has 0 saturated carbocycles. The third-order valence-electron chi connectivity index (χ3n) is 7.79. The number of aryl methyl sites for hydroxylation is 2. The zero-order valence-corrected chi connectivity index (χ0v) is 21.8. The van der Waals surface area contributed by atoms with Crippen LogP contribution in [0, 0.1) is 19.8 Å². The molecule has 3 aliphatic heterocycles. The molecular weight excluding hydrogens is 516 g/mol. The monoisotopic (exact) mass is 546 g/mol. The molecule has 0 aromatic heterocycles. The summed E-state index contributed by atoms with van der Waals surface area (Å²) >= 11 is 0. The van der Waals surface area contributed by atoms with Crippen LogP contribution in [0.25, 0.3) is 0 Å². The summed E-state index contributed by atoms with van der Waals surface area (Å²) in [6.45, 7) is 3.86. The number of rotatable bonds is 4. The number of hydrogen-bond acceptors (Lipinski definition) is 4. The molecule has 3 aliphatic rings. The third kappa shape index (κ3) is 5.06. The average molecular weight is 547 g/mol. The minimum atomic E-state index is -4.29. The van der Waals surface area contributed by atoms with Crippen LogP contribution in [0.3, 0.4) is 0 Å². The molecule has 0 radical (unpaired) electrons. The number of benzene rings is 2. The largest absolute Gasteiger partial charge is 0.368 e. The number of hydrogen-bond donors (Lipinski definition) is 0. The van der Waals surface area contributed by atoms with E-state index in [0.717, 1.165) is 5.69 Å². The summed E-state index contributed by atoms with van der Waals surface area (Å²) in [6.07, 6.45) is -0.252. The second-order valence-electron chi connectivity index (χ2n) is 10.6. The van der Waals surface area contributed by atoms with Crippen molar-refractivity contribution in [1.29, 1.82) is 0 Å². The number of carbonyl (C=O) groups is 3. The van der Waals surface area contributed by atoms with Crippen LogP contribution in [-0.4, -0.2) is 85.2 Å². The van der Waals surface area contributed by atoms with Gasteiger partial charge in [-0.25, -0.2) is 0 Å². The van der Waals surface area contributed by atoms with Crippen molar-refractivity contribution in [3.05, 3.63) is 59.2 Å². The van der Waals surface area contributed by atoms with E-state index in [1.807, 2.05) is 0 Å². The molecule has 1 atom stereocenters. The van der Waals surface area contributed by atoms with Gasteiger partial charge in [0.25, 0.3) is 5.91 Å². The first-order valence-corrected chi connectivity index (χ1v) is 12.9. The summed E-state index contributed by atoms with van der Waals surface area (Å²) in [7, 11) is 0. The number of alkyl halides is 4. The zero-order chi connectivity index (χ0) is 28.1. The molecule has 2 aromatic rings. The SMILES string of the molecule is Cc1ccc(N2CCN(C(=O)c3ccc(N4CC(C(=O)N5CC(F)(F)C(F)(F)C5)CC4=O)cc3)CC2)c(C)c1. The Labute approximate surface area is 223 Å². The standard InChI is InChI=1S/C28H30F4N4O3/c1-18-3-8-23(19(2)13-18)33-9-11-34(12-10-33)25(38)20-4-6-22(7-5-20)36-15-21(14-24(36)37)26(39)35-16-27(29,30)28(31,32)17-35/h3-8,13,21H,9-12,14-17H2,1-2H3. The van der Waals surface area contributed by atoms with Crippen LogP contribution in [-0.2, 0) is 9.59 Å². The summed E-state index contributed by atoms with van der Waals surface area (Å²) in [5.41, 5.74) is 4.47. The molecule has 0 aliphatic carbocycles. The van der Waals surface area contributed by atoms with Gasteiger partial charge in [0.15, 0.2) is 0 Å². The van der Waals surface area contributed by atoms with Crippen molar-refractivity contribution < 1.29 is 31.9 Å². The normalized spacial score (nSPS) is 22.5. The van der Waals surface area contributed by atoms with Gasteiger partial charge in [0.1, 0.15) is 0 Å². The van der Waals surface area contributed by atoms with Gasteiger partial charge in [0.2, 0.25) is 11.8 Å². The van der Waals surface area contributed by atoms with Crippen LogP contribution < -0.4 is 9.80 Å². The molecule has 3 saturated heterocycles. The van der Waals surface area contributed by atoms with Crippen LogP contribution in [0.15, 0.2) is 42.5 Å². The van der Waals surface area contributed by atoms with E-state index in [2.05, 4.69) is 36.9 Å². The minimum Gasteiger partial charge on any atom is -0.368 e. The van der Waals surface area contributed by atoms with Crippen molar-refractivity contribution in [3.63, 3.8) is 0 Å². The number of carbonyl (C=O) groups excluding carboxylic acids is 3. The Bertz CT molecular complexity index is 1280.